The third-order valence-corrected chi connectivity index (χ3v) is 2.67. The normalized spacial score (nSPS) is 10.1. The number of carbonyl (C=O) groups is 1. The van der Waals surface area contributed by atoms with Crippen LogP contribution in [0.4, 0.5) is 5.69 Å². The van der Waals surface area contributed by atoms with E-state index in [0.29, 0.717) is 17.3 Å². The van der Waals surface area contributed by atoms with Gasteiger partial charge in [0.15, 0.2) is 0 Å². The maximum atomic E-state index is 11.2. The molecule has 0 fully saturated rings. The van der Waals surface area contributed by atoms with Crippen LogP contribution in [0.15, 0.2) is 12.1 Å². The molecule has 0 aliphatic carbocycles. The van der Waals surface area contributed by atoms with Crippen molar-refractivity contribution in [2.24, 2.45) is 0 Å². The number of hydrogen-bond acceptors (Lipinski definition) is 3. The standard InChI is InChI=1S/C11H14ClNO2/c1-3-15-10(14)6-8-4-5-9(13)7(2)11(8)12/h4-5H,3,6,13H2,1-2H3. The van der Waals surface area contributed by atoms with Crippen LogP contribution in [0.3, 0.4) is 0 Å². The minimum absolute atomic E-state index is 0.188. The van der Waals surface area contributed by atoms with E-state index in [2.05, 4.69) is 0 Å². The van der Waals surface area contributed by atoms with E-state index in [1.807, 2.05) is 6.92 Å². The largest absolute Gasteiger partial charge is 0.466 e. The summed E-state index contributed by atoms with van der Waals surface area (Å²) in [6.45, 7) is 3.98. The summed E-state index contributed by atoms with van der Waals surface area (Å²) in [7, 11) is 0. The van der Waals surface area contributed by atoms with Gasteiger partial charge < -0.3 is 10.5 Å². The molecule has 4 heteroatoms. The van der Waals surface area contributed by atoms with Gasteiger partial charge >= 0.3 is 5.97 Å². The summed E-state index contributed by atoms with van der Waals surface area (Å²) in [6.07, 6.45) is 0.188. The zero-order valence-corrected chi connectivity index (χ0v) is 9.60. The van der Waals surface area contributed by atoms with E-state index < -0.39 is 0 Å². The minimum Gasteiger partial charge on any atom is -0.466 e. The molecule has 0 spiro atoms. The van der Waals surface area contributed by atoms with Crippen molar-refractivity contribution in [3.8, 4) is 0 Å². The molecule has 15 heavy (non-hydrogen) atoms. The maximum absolute atomic E-state index is 11.2. The fourth-order valence-corrected chi connectivity index (χ4v) is 1.50. The lowest BCUT2D eigenvalue weighted by Gasteiger charge is -2.08. The summed E-state index contributed by atoms with van der Waals surface area (Å²) < 4.78 is 4.84. The predicted octanol–water partition coefficient (Wildman–Crippen LogP) is 2.34. The Bertz CT molecular complexity index is 377. The number of nitrogen functional groups attached to an aromatic ring is 1. The summed E-state index contributed by atoms with van der Waals surface area (Å²) in [4.78, 5) is 11.2. The fourth-order valence-electron chi connectivity index (χ4n) is 1.26. The number of halogens is 1. The van der Waals surface area contributed by atoms with E-state index in [0.717, 1.165) is 11.1 Å². The van der Waals surface area contributed by atoms with Gasteiger partial charge in [-0.25, -0.2) is 0 Å². The number of anilines is 1. The number of esters is 1. The van der Waals surface area contributed by atoms with Gasteiger partial charge in [0, 0.05) is 10.7 Å². The molecule has 2 N–H and O–H groups in total. The highest BCUT2D eigenvalue weighted by Gasteiger charge is 2.10. The van der Waals surface area contributed by atoms with Gasteiger partial charge in [-0.1, -0.05) is 17.7 Å². The molecule has 0 aliphatic rings. The van der Waals surface area contributed by atoms with Crippen molar-refractivity contribution in [1.82, 2.24) is 0 Å². The van der Waals surface area contributed by atoms with Crippen molar-refractivity contribution >= 4 is 23.3 Å². The van der Waals surface area contributed by atoms with Crippen LogP contribution in [0.25, 0.3) is 0 Å². The monoisotopic (exact) mass is 227 g/mol. The third kappa shape index (κ3) is 2.86. The summed E-state index contributed by atoms with van der Waals surface area (Å²) in [5.74, 6) is -0.274. The van der Waals surface area contributed by atoms with Crippen molar-refractivity contribution in [2.45, 2.75) is 20.3 Å². The van der Waals surface area contributed by atoms with E-state index >= 15 is 0 Å². The topological polar surface area (TPSA) is 52.3 Å². The minimum atomic E-state index is -0.274. The van der Waals surface area contributed by atoms with E-state index in [1.54, 1.807) is 19.1 Å². The lowest BCUT2D eigenvalue weighted by Crippen LogP contribution is -2.08. The molecule has 82 valence electrons. The number of benzene rings is 1. The lowest BCUT2D eigenvalue weighted by atomic mass is 10.1. The van der Waals surface area contributed by atoms with Gasteiger partial charge in [0.05, 0.1) is 13.0 Å². The molecule has 0 saturated carbocycles. The van der Waals surface area contributed by atoms with Gasteiger partial charge in [0.2, 0.25) is 0 Å². The van der Waals surface area contributed by atoms with Gasteiger partial charge in [-0.2, -0.15) is 0 Å². The van der Waals surface area contributed by atoms with Crippen molar-refractivity contribution in [3.63, 3.8) is 0 Å². The highest BCUT2D eigenvalue weighted by molar-refractivity contribution is 6.32. The number of carbonyl (C=O) groups excluding carboxylic acids is 1. The van der Waals surface area contributed by atoms with Crippen LogP contribution in [0.5, 0.6) is 0 Å². The first kappa shape index (κ1) is 11.9. The molecule has 1 aromatic carbocycles. The van der Waals surface area contributed by atoms with Gasteiger partial charge in [-0.15, -0.1) is 0 Å². The third-order valence-electron chi connectivity index (χ3n) is 2.15. The maximum Gasteiger partial charge on any atom is 0.310 e. The quantitative estimate of drug-likeness (QED) is 0.637. The molecule has 0 bridgehead atoms. The van der Waals surface area contributed by atoms with Crippen LogP contribution in [-0.4, -0.2) is 12.6 Å². The molecule has 0 unspecified atom stereocenters. The first-order valence-electron chi connectivity index (χ1n) is 4.75. The van der Waals surface area contributed by atoms with Crippen molar-refractivity contribution in [1.29, 1.82) is 0 Å². The van der Waals surface area contributed by atoms with Crippen LogP contribution < -0.4 is 5.73 Å². The van der Waals surface area contributed by atoms with Crippen molar-refractivity contribution in [2.75, 3.05) is 12.3 Å². The van der Waals surface area contributed by atoms with Crippen LogP contribution in [0, 0.1) is 6.92 Å². The smallest absolute Gasteiger partial charge is 0.310 e. The Balaban J connectivity index is 2.87. The summed E-state index contributed by atoms with van der Waals surface area (Å²) in [5, 5.41) is 0.544. The number of ether oxygens (including phenoxy) is 1. The zero-order chi connectivity index (χ0) is 11.4. The molecule has 3 nitrogen and oxygen atoms in total. The molecule has 0 heterocycles. The molecule has 0 atom stereocenters. The second-order valence-corrected chi connectivity index (χ2v) is 3.61. The summed E-state index contributed by atoms with van der Waals surface area (Å²) in [5.41, 5.74) is 7.87. The van der Waals surface area contributed by atoms with Crippen LogP contribution in [0.1, 0.15) is 18.1 Å². The number of rotatable bonds is 3. The van der Waals surface area contributed by atoms with E-state index in [-0.39, 0.29) is 12.4 Å². The molecule has 1 aromatic rings. The molecule has 0 amide bonds. The summed E-state index contributed by atoms with van der Waals surface area (Å²) in [6, 6.07) is 3.50. The summed E-state index contributed by atoms with van der Waals surface area (Å²) >= 11 is 6.05. The Morgan fingerprint density at radius 3 is 2.80 bits per heavy atom. The van der Waals surface area contributed by atoms with E-state index in [1.165, 1.54) is 0 Å². The molecular weight excluding hydrogens is 214 g/mol. The Morgan fingerprint density at radius 1 is 1.53 bits per heavy atom. The first-order chi connectivity index (χ1) is 7.06. The van der Waals surface area contributed by atoms with Gasteiger partial charge in [0.1, 0.15) is 0 Å². The Labute approximate surface area is 94.2 Å². The average molecular weight is 228 g/mol. The van der Waals surface area contributed by atoms with Gasteiger partial charge in [-0.05, 0) is 31.0 Å². The fraction of sp³-hybridized carbons (Fsp3) is 0.364. The molecule has 1 rings (SSSR count). The Hall–Kier alpha value is -1.22. The van der Waals surface area contributed by atoms with Crippen molar-refractivity contribution < 1.29 is 9.53 Å². The van der Waals surface area contributed by atoms with Gasteiger partial charge in [0.25, 0.3) is 0 Å². The number of hydrogen-bond donors (Lipinski definition) is 1. The predicted molar refractivity (Wildman–Crippen MR) is 60.9 cm³/mol. The van der Waals surface area contributed by atoms with Gasteiger partial charge in [-0.3, -0.25) is 4.79 Å². The molecule has 0 aromatic heterocycles. The average Bonchev–Trinajstić information content (AvgIpc) is 2.20. The zero-order valence-electron chi connectivity index (χ0n) is 8.84. The highest BCUT2D eigenvalue weighted by atomic mass is 35.5. The van der Waals surface area contributed by atoms with Crippen LogP contribution >= 0.6 is 11.6 Å². The second-order valence-electron chi connectivity index (χ2n) is 3.23. The van der Waals surface area contributed by atoms with Crippen LogP contribution in [0.2, 0.25) is 5.02 Å². The number of nitrogens with two attached hydrogens (primary N) is 1. The highest BCUT2D eigenvalue weighted by Crippen LogP contribution is 2.25. The molecular formula is C11H14ClNO2. The van der Waals surface area contributed by atoms with E-state index in [4.69, 9.17) is 22.1 Å². The van der Waals surface area contributed by atoms with E-state index in [9.17, 15) is 4.79 Å². The van der Waals surface area contributed by atoms with Crippen molar-refractivity contribution in [3.05, 3.63) is 28.3 Å². The first-order valence-corrected chi connectivity index (χ1v) is 5.13. The lowest BCUT2D eigenvalue weighted by molar-refractivity contribution is -0.142. The molecule has 0 aliphatic heterocycles. The Kier molecular flexibility index (Phi) is 3.97. The SMILES string of the molecule is CCOC(=O)Cc1ccc(N)c(C)c1Cl. The Morgan fingerprint density at radius 2 is 2.20 bits per heavy atom. The second kappa shape index (κ2) is 5.03. The molecule has 0 saturated heterocycles. The molecule has 0 radical (unpaired) electrons. The van der Waals surface area contributed by atoms with Crippen LogP contribution in [-0.2, 0) is 16.0 Å².